The van der Waals surface area contributed by atoms with E-state index in [0.717, 1.165) is 11.1 Å². The number of carbonyl (C=O) groups excluding carboxylic acids is 2. The Morgan fingerprint density at radius 3 is 2.31 bits per heavy atom. The second-order valence-electron chi connectivity index (χ2n) is 8.25. The van der Waals surface area contributed by atoms with Crippen LogP contribution in [0.3, 0.4) is 0 Å². The van der Waals surface area contributed by atoms with Crippen molar-refractivity contribution in [3.8, 4) is 11.1 Å². The monoisotopic (exact) mass is 488 g/mol. The summed E-state index contributed by atoms with van der Waals surface area (Å²) in [5.41, 5.74) is 2.49. The van der Waals surface area contributed by atoms with Gasteiger partial charge in [0, 0.05) is 28.7 Å². The first-order valence-electron chi connectivity index (χ1n) is 11.3. The highest BCUT2D eigenvalue weighted by Gasteiger charge is 2.27. The van der Waals surface area contributed by atoms with E-state index in [9.17, 15) is 14.4 Å². The Morgan fingerprint density at radius 1 is 1.00 bits per heavy atom. The van der Waals surface area contributed by atoms with E-state index >= 15 is 0 Å². The summed E-state index contributed by atoms with van der Waals surface area (Å²) >= 11 is 6.16. The lowest BCUT2D eigenvalue weighted by Crippen LogP contribution is -2.34. The first-order valence-corrected chi connectivity index (χ1v) is 11.6. The van der Waals surface area contributed by atoms with Crippen molar-refractivity contribution in [1.82, 2.24) is 4.57 Å². The Kier molecular flexibility index (Phi) is 7.03. The van der Waals surface area contributed by atoms with Gasteiger partial charge in [-0.1, -0.05) is 73.1 Å². The van der Waals surface area contributed by atoms with Crippen molar-refractivity contribution < 1.29 is 14.3 Å². The predicted molar refractivity (Wildman–Crippen MR) is 139 cm³/mol. The number of esters is 1. The van der Waals surface area contributed by atoms with Crippen LogP contribution in [0.1, 0.15) is 29.4 Å². The van der Waals surface area contributed by atoms with Gasteiger partial charge in [0.2, 0.25) is 0 Å². The Balaban J connectivity index is 1.73. The number of fused-ring (bicyclic) bond motifs is 1. The predicted octanol–water partition coefficient (Wildman–Crippen LogP) is 5.74. The third-order valence-corrected chi connectivity index (χ3v) is 6.32. The molecule has 0 spiro atoms. The van der Waals surface area contributed by atoms with Crippen molar-refractivity contribution >= 4 is 39.9 Å². The maximum absolute atomic E-state index is 13.5. The lowest BCUT2D eigenvalue weighted by Gasteiger charge is -2.20. The number of aryl methyl sites for hydroxylation is 1. The van der Waals surface area contributed by atoms with Crippen molar-refractivity contribution in [1.29, 1.82) is 0 Å². The standard InChI is InChI=1S/C28H25ClN2O4/c1-4-23(26(32)30-19-15-14-17(2)22(29)16-19)35-28(34)25-24(18-10-6-5-7-11-18)20-12-8-9-13-21(20)27(33)31(25)3/h5-16,23H,4H2,1-3H3,(H,30,32). The molecule has 1 atom stereocenters. The molecule has 0 aliphatic carbocycles. The molecular weight excluding hydrogens is 464 g/mol. The van der Waals surface area contributed by atoms with Crippen molar-refractivity contribution in [3.05, 3.63) is 99.4 Å². The molecule has 4 aromatic rings. The number of halogens is 1. The molecule has 35 heavy (non-hydrogen) atoms. The van der Waals surface area contributed by atoms with Crippen LogP contribution in [0.25, 0.3) is 21.9 Å². The third kappa shape index (κ3) is 4.84. The van der Waals surface area contributed by atoms with Gasteiger partial charge in [0.25, 0.3) is 11.5 Å². The van der Waals surface area contributed by atoms with Crippen LogP contribution in [0.4, 0.5) is 5.69 Å². The number of hydrogen-bond donors (Lipinski definition) is 1. The lowest BCUT2D eigenvalue weighted by molar-refractivity contribution is -0.124. The van der Waals surface area contributed by atoms with Gasteiger partial charge in [-0.3, -0.25) is 9.59 Å². The van der Waals surface area contributed by atoms with Crippen molar-refractivity contribution in [2.24, 2.45) is 7.05 Å². The summed E-state index contributed by atoms with van der Waals surface area (Å²) in [4.78, 5) is 39.5. The van der Waals surface area contributed by atoms with Gasteiger partial charge >= 0.3 is 5.97 Å². The van der Waals surface area contributed by atoms with Gasteiger partial charge in [0.1, 0.15) is 5.69 Å². The number of carbonyl (C=O) groups is 2. The quantitative estimate of drug-likeness (QED) is 0.351. The fraction of sp³-hybridized carbons (Fsp3) is 0.179. The average molecular weight is 489 g/mol. The highest BCUT2D eigenvalue weighted by molar-refractivity contribution is 6.31. The van der Waals surface area contributed by atoms with Crippen LogP contribution in [-0.2, 0) is 16.6 Å². The molecule has 4 rings (SSSR count). The average Bonchev–Trinajstić information content (AvgIpc) is 2.87. The maximum atomic E-state index is 13.5. The number of ether oxygens (including phenoxy) is 1. The van der Waals surface area contributed by atoms with Crippen molar-refractivity contribution in [2.45, 2.75) is 26.4 Å². The van der Waals surface area contributed by atoms with E-state index in [0.29, 0.717) is 27.0 Å². The number of anilines is 1. The maximum Gasteiger partial charge on any atom is 0.356 e. The van der Waals surface area contributed by atoms with Crippen LogP contribution in [0.15, 0.2) is 77.6 Å². The first-order chi connectivity index (χ1) is 16.8. The number of rotatable bonds is 6. The van der Waals surface area contributed by atoms with Gasteiger partial charge in [0.05, 0.1) is 0 Å². The van der Waals surface area contributed by atoms with Crippen molar-refractivity contribution in [3.63, 3.8) is 0 Å². The number of aromatic nitrogens is 1. The van der Waals surface area contributed by atoms with E-state index in [1.165, 1.54) is 11.6 Å². The van der Waals surface area contributed by atoms with E-state index in [4.69, 9.17) is 16.3 Å². The number of nitrogens with one attached hydrogen (secondary N) is 1. The Hall–Kier alpha value is -3.90. The van der Waals surface area contributed by atoms with Crippen LogP contribution >= 0.6 is 11.6 Å². The molecule has 1 amide bonds. The highest BCUT2D eigenvalue weighted by Crippen LogP contribution is 2.31. The fourth-order valence-electron chi connectivity index (χ4n) is 4.00. The first kappa shape index (κ1) is 24.2. The summed E-state index contributed by atoms with van der Waals surface area (Å²) in [6.07, 6.45) is -0.813. The van der Waals surface area contributed by atoms with E-state index in [-0.39, 0.29) is 17.7 Å². The summed E-state index contributed by atoms with van der Waals surface area (Å²) in [5.74, 6) is -1.23. The lowest BCUT2D eigenvalue weighted by atomic mass is 9.97. The molecule has 0 saturated carbocycles. The van der Waals surface area contributed by atoms with E-state index in [2.05, 4.69) is 5.32 Å². The molecule has 1 unspecified atom stereocenters. The molecule has 0 fully saturated rings. The zero-order valence-electron chi connectivity index (χ0n) is 19.7. The van der Waals surface area contributed by atoms with Crippen LogP contribution < -0.4 is 10.9 Å². The minimum Gasteiger partial charge on any atom is -0.448 e. The summed E-state index contributed by atoms with van der Waals surface area (Å²) in [6, 6.07) is 21.6. The van der Waals surface area contributed by atoms with Crippen molar-refractivity contribution in [2.75, 3.05) is 5.32 Å². The van der Waals surface area contributed by atoms with Gasteiger partial charge in [0.15, 0.2) is 6.10 Å². The smallest absolute Gasteiger partial charge is 0.356 e. The van der Waals surface area contributed by atoms with Gasteiger partial charge in [-0.25, -0.2) is 4.79 Å². The molecule has 0 aliphatic rings. The van der Waals surface area contributed by atoms with Gasteiger partial charge < -0.3 is 14.6 Å². The Labute approximate surface area is 208 Å². The van der Waals surface area contributed by atoms with Gasteiger partial charge in [-0.2, -0.15) is 0 Å². The SMILES string of the molecule is CCC(OC(=O)c1c(-c2ccccc2)c2ccccc2c(=O)n1C)C(=O)Nc1ccc(C)c(Cl)c1. The van der Waals surface area contributed by atoms with Gasteiger partial charge in [-0.15, -0.1) is 0 Å². The largest absolute Gasteiger partial charge is 0.448 e. The van der Waals surface area contributed by atoms with Crippen LogP contribution in [0, 0.1) is 6.92 Å². The third-order valence-electron chi connectivity index (χ3n) is 5.91. The van der Waals surface area contributed by atoms with Gasteiger partial charge in [-0.05, 0) is 48.1 Å². The number of pyridine rings is 1. The van der Waals surface area contributed by atoms with E-state index in [1.54, 1.807) is 43.3 Å². The summed E-state index contributed by atoms with van der Waals surface area (Å²) in [6.45, 7) is 3.61. The molecule has 1 N–H and O–H groups in total. The number of hydrogen-bond acceptors (Lipinski definition) is 4. The number of benzene rings is 3. The minimum absolute atomic E-state index is 0.0875. The Morgan fingerprint density at radius 2 is 1.66 bits per heavy atom. The van der Waals surface area contributed by atoms with Crippen LogP contribution in [-0.4, -0.2) is 22.5 Å². The van der Waals surface area contributed by atoms with E-state index < -0.39 is 18.0 Å². The molecule has 7 heteroatoms. The molecule has 1 heterocycles. The highest BCUT2D eigenvalue weighted by atomic mass is 35.5. The molecular formula is C28H25ClN2O4. The molecule has 0 saturated heterocycles. The van der Waals surface area contributed by atoms with Crippen LogP contribution in [0.2, 0.25) is 5.02 Å². The van der Waals surface area contributed by atoms with Crippen LogP contribution in [0.5, 0.6) is 0 Å². The summed E-state index contributed by atoms with van der Waals surface area (Å²) in [7, 11) is 1.53. The summed E-state index contributed by atoms with van der Waals surface area (Å²) < 4.78 is 6.97. The Bertz CT molecular complexity index is 1480. The zero-order chi connectivity index (χ0) is 25.1. The second kappa shape index (κ2) is 10.2. The fourth-order valence-corrected chi connectivity index (χ4v) is 4.18. The minimum atomic E-state index is -1.06. The topological polar surface area (TPSA) is 77.4 Å². The molecule has 6 nitrogen and oxygen atoms in total. The molecule has 0 bridgehead atoms. The molecule has 3 aromatic carbocycles. The summed E-state index contributed by atoms with van der Waals surface area (Å²) in [5, 5.41) is 4.40. The zero-order valence-corrected chi connectivity index (χ0v) is 20.4. The van der Waals surface area contributed by atoms with E-state index in [1.807, 2.05) is 43.3 Å². The molecule has 0 radical (unpaired) electrons. The normalized spacial score (nSPS) is 11.8. The number of amides is 1. The molecule has 0 aliphatic heterocycles. The molecule has 1 aromatic heterocycles. The second-order valence-corrected chi connectivity index (χ2v) is 8.66. The molecule has 178 valence electrons. The number of nitrogens with zero attached hydrogens (tertiary/aromatic N) is 1.